The van der Waals surface area contributed by atoms with E-state index in [4.69, 9.17) is 0 Å². The van der Waals surface area contributed by atoms with Gasteiger partial charge in [0.2, 0.25) is 5.91 Å². The Morgan fingerprint density at radius 2 is 2.14 bits per heavy atom. The van der Waals surface area contributed by atoms with Gasteiger partial charge in [0, 0.05) is 31.4 Å². The predicted molar refractivity (Wildman–Crippen MR) is 79.1 cm³/mol. The quantitative estimate of drug-likeness (QED) is 0.868. The fourth-order valence-electron chi connectivity index (χ4n) is 3.31. The van der Waals surface area contributed by atoms with Crippen LogP contribution in [-0.2, 0) is 4.79 Å². The van der Waals surface area contributed by atoms with Crippen molar-refractivity contribution in [2.24, 2.45) is 5.10 Å². The molecule has 0 bridgehead atoms. The maximum atomic E-state index is 13.2. The summed E-state index contributed by atoms with van der Waals surface area (Å²) in [7, 11) is 0. The number of hydrazone groups is 1. The van der Waals surface area contributed by atoms with Gasteiger partial charge in [-0.3, -0.25) is 4.79 Å². The van der Waals surface area contributed by atoms with Crippen molar-refractivity contribution in [1.29, 1.82) is 0 Å². The van der Waals surface area contributed by atoms with Crippen molar-refractivity contribution in [2.75, 3.05) is 13.1 Å². The van der Waals surface area contributed by atoms with Gasteiger partial charge in [0.25, 0.3) is 6.43 Å². The Morgan fingerprint density at radius 3 is 2.82 bits per heavy atom. The van der Waals surface area contributed by atoms with Gasteiger partial charge in [0.1, 0.15) is 11.4 Å². The molecular formula is C15H20F2N4O. The van der Waals surface area contributed by atoms with Gasteiger partial charge >= 0.3 is 0 Å². The van der Waals surface area contributed by atoms with Crippen molar-refractivity contribution >= 4 is 12.1 Å². The minimum atomic E-state index is -2.65. The second-order valence-corrected chi connectivity index (χ2v) is 5.98. The SMILES string of the molecule is C=C1C=C(C(F)F)N2N=CCC2(CC(=O)N2CCCCC2)N1. The van der Waals surface area contributed by atoms with Crippen LogP contribution in [0.25, 0.3) is 0 Å². The number of nitrogens with zero attached hydrogens (tertiary/aromatic N) is 3. The number of hydrogen-bond donors (Lipinski definition) is 1. The molecule has 1 N–H and O–H groups in total. The van der Waals surface area contributed by atoms with Gasteiger partial charge in [-0.2, -0.15) is 5.10 Å². The van der Waals surface area contributed by atoms with Crippen molar-refractivity contribution < 1.29 is 13.6 Å². The average molecular weight is 310 g/mol. The molecule has 0 aromatic rings. The summed E-state index contributed by atoms with van der Waals surface area (Å²) in [4.78, 5) is 14.4. The molecule has 0 spiro atoms. The van der Waals surface area contributed by atoms with E-state index in [1.807, 2.05) is 4.90 Å². The van der Waals surface area contributed by atoms with Crippen LogP contribution >= 0.6 is 0 Å². The number of hydrogen-bond acceptors (Lipinski definition) is 4. The molecule has 5 nitrogen and oxygen atoms in total. The maximum Gasteiger partial charge on any atom is 0.280 e. The third-order valence-corrected chi connectivity index (χ3v) is 4.37. The van der Waals surface area contributed by atoms with Crippen molar-refractivity contribution in [3.63, 3.8) is 0 Å². The summed E-state index contributed by atoms with van der Waals surface area (Å²) in [6, 6.07) is 0. The van der Waals surface area contributed by atoms with Crippen molar-refractivity contribution in [3.8, 4) is 0 Å². The first-order valence-corrected chi connectivity index (χ1v) is 7.59. The lowest BCUT2D eigenvalue weighted by Gasteiger charge is -2.44. The number of fused-ring (bicyclic) bond motifs is 1. The molecule has 3 heterocycles. The second-order valence-electron chi connectivity index (χ2n) is 5.98. The summed E-state index contributed by atoms with van der Waals surface area (Å²) in [6.07, 6.45) is 3.85. The van der Waals surface area contributed by atoms with E-state index in [1.54, 1.807) is 6.21 Å². The third kappa shape index (κ3) is 2.60. The highest BCUT2D eigenvalue weighted by Crippen LogP contribution is 2.37. The van der Waals surface area contributed by atoms with Crippen LogP contribution in [0.15, 0.2) is 29.2 Å². The highest BCUT2D eigenvalue weighted by atomic mass is 19.3. The minimum Gasteiger partial charge on any atom is -0.361 e. The van der Waals surface area contributed by atoms with Crippen LogP contribution in [-0.4, -0.2) is 47.2 Å². The lowest BCUT2D eigenvalue weighted by Crippen LogP contribution is -2.59. The lowest BCUT2D eigenvalue weighted by atomic mass is 9.97. The molecule has 1 unspecified atom stereocenters. The molecule has 3 aliphatic heterocycles. The van der Waals surface area contributed by atoms with Crippen LogP contribution in [0.3, 0.4) is 0 Å². The Kier molecular flexibility index (Phi) is 3.88. The predicted octanol–water partition coefficient (Wildman–Crippen LogP) is 2.04. The second kappa shape index (κ2) is 5.70. The first kappa shape index (κ1) is 15.0. The summed E-state index contributed by atoms with van der Waals surface area (Å²) in [5, 5.41) is 8.40. The van der Waals surface area contributed by atoms with Crippen LogP contribution in [0.1, 0.15) is 32.1 Å². The number of rotatable bonds is 3. The van der Waals surface area contributed by atoms with E-state index in [0.717, 1.165) is 32.4 Å². The van der Waals surface area contributed by atoms with E-state index in [-0.39, 0.29) is 18.0 Å². The van der Waals surface area contributed by atoms with Gasteiger partial charge in [-0.1, -0.05) is 6.58 Å². The molecule has 0 radical (unpaired) electrons. The van der Waals surface area contributed by atoms with Crippen molar-refractivity contribution in [1.82, 2.24) is 15.2 Å². The largest absolute Gasteiger partial charge is 0.361 e. The Hall–Kier alpha value is -1.92. The van der Waals surface area contributed by atoms with E-state index in [9.17, 15) is 13.6 Å². The average Bonchev–Trinajstić information content (AvgIpc) is 2.90. The number of alkyl halides is 2. The maximum absolute atomic E-state index is 13.2. The molecule has 0 aliphatic carbocycles. The number of piperidine rings is 1. The zero-order chi connectivity index (χ0) is 15.7. The van der Waals surface area contributed by atoms with E-state index < -0.39 is 12.1 Å². The van der Waals surface area contributed by atoms with E-state index >= 15 is 0 Å². The molecular weight excluding hydrogens is 290 g/mol. The molecule has 1 fully saturated rings. The van der Waals surface area contributed by atoms with Gasteiger partial charge in [-0.25, -0.2) is 13.8 Å². The van der Waals surface area contributed by atoms with Gasteiger partial charge in [0.05, 0.1) is 6.42 Å². The molecule has 7 heteroatoms. The van der Waals surface area contributed by atoms with Gasteiger partial charge < -0.3 is 10.2 Å². The van der Waals surface area contributed by atoms with Crippen molar-refractivity contribution in [3.05, 3.63) is 24.0 Å². The van der Waals surface area contributed by atoms with Crippen molar-refractivity contribution in [2.45, 2.75) is 44.2 Å². The van der Waals surface area contributed by atoms with Crippen LogP contribution < -0.4 is 5.32 Å². The monoisotopic (exact) mass is 310 g/mol. The standard InChI is InChI=1S/C15H20F2N4O/c1-11-9-12(14(16)17)21-15(19-11,5-6-18-21)10-13(22)20-7-3-2-4-8-20/h6,9,14,19H,1-5,7-8,10H2. The fourth-order valence-corrected chi connectivity index (χ4v) is 3.31. The smallest absolute Gasteiger partial charge is 0.280 e. The summed E-state index contributed by atoms with van der Waals surface area (Å²) >= 11 is 0. The summed E-state index contributed by atoms with van der Waals surface area (Å²) < 4.78 is 26.5. The molecule has 1 amide bonds. The topological polar surface area (TPSA) is 47.9 Å². The van der Waals surface area contributed by atoms with Crippen LogP contribution in [0.4, 0.5) is 8.78 Å². The molecule has 0 aromatic carbocycles. The number of carbonyl (C=O) groups is 1. The first-order valence-electron chi connectivity index (χ1n) is 7.59. The number of nitrogens with one attached hydrogen (secondary N) is 1. The zero-order valence-electron chi connectivity index (χ0n) is 12.4. The van der Waals surface area contributed by atoms with Gasteiger partial charge in [-0.05, 0) is 25.3 Å². The summed E-state index contributed by atoms with van der Waals surface area (Å²) in [5.74, 6) is -0.0222. The lowest BCUT2D eigenvalue weighted by molar-refractivity contribution is -0.135. The molecule has 3 aliphatic rings. The van der Waals surface area contributed by atoms with E-state index in [2.05, 4.69) is 17.0 Å². The first-order chi connectivity index (χ1) is 10.5. The van der Waals surface area contributed by atoms with E-state index in [1.165, 1.54) is 11.1 Å². The number of amides is 1. The van der Waals surface area contributed by atoms with Gasteiger partial charge in [-0.15, -0.1) is 0 Å². The number of allylic oxidation sites excluding steroid dienone is 2. The number of carbonyl (C=O) groups excluding carboxylic acids is 1. The molecule has 1 saturated heterocycles. The summed E-state index contributed by atoms with van der Waals surface area (Å²) in [6.45, 7) is 5.23. The molecule has 0 saturated carbocycles. The number of likely N-dealkylation sites (tertiary alicyclic amines) is 1. The Labute approximate surface area is 128 Å². The summed E-state index contributed by atoms with van der Waals surface area (Å²) in [5.41, 5.74) is -0.751. The molecule has 3 rings (SSSR count). The van der Waals surface area contributed by atoms with Crippen LogP contribution in [0.5, 0.6) is 0 Å². The normalized spacial score (nSPS) is 27.8. The van der Waals surface area contributed by atoms with Crippen LogP contribution in [0.2, 0.25) is 0 Å². The highest BCUT2D eigenvalue weighted by Gasteiger charge is 2.47. The third-order valence-electron chi connectivity index (χ3n) is 4.37. The van der Waals surface area contributed by atoms with Crippen LogP contribution in [0, 0.1) is 0 Å². The number of halogens is 2. The Balaban J connectivity index is 1.80. The highest BCUT2D eigenvalue weighted by molar-refractivity contribution is 5.79. The molecule has 22 heavy (non-hydrogen) atoms. The zero-order valence-corrected chi connectivity index (χ0v) is 12.4. The van der Waals surface area contributed by atoms with E-state index in [0.29, 0.717) is 12.1 Å². The molecule has 0 aromatic heterocycles. The van der Waals surface area contributed by atoms with Gasteiger partial charge in [0.15, 0.2) is 0 Å². The molecule has 1 atom stereocenters. The Morgan fingerprint density at radius 1 is 1.41 bits per heavy atom. The Bertz CT molecular complexity index is 540. The fraction of sp³-hybridized carbons (Fsp3) is 0.600. The minimum absolute atomic E-state index is 0.0222. The molecule has 120 valence electrons.